The van der Waals surface area contributed by atoms with Gasteiger partial charge in [0.2, 0.25) is 5.82 Å². The average molecular weight is 356 g/mol. The van der Waals surface area contributed by atoms with Crippen LogP contribution in [0.1, 0.15) is 24.2 Å². The first kappa shape index (κ1) is 15.9. The molecule has 0 aliphatic carbocycles. The van der Waals surface area contributed by atoms with Gasteiger partial charge in [0.1, 0.15) is 6.10 Å². The Morgan fingerprint density at radius 1 is 1.19 bits per heavy atom. The molecule has 0 aliphatic heterocycles. The maximum atomic E-state index is 13.9. The summed E-state index contributed by atoms with van der Waals surface area (Å²) < 4.78 is 33.4. The number of aryl methyl sites for hydroxylation is 1. The van der Waals surface area contributed by atoms with E-state index in [4.69, 9.17) is 10.5 Å². The predicted octanol–water partition coefficient (Wildman–Crippen LogP) is 4.50. The monoisotopic (exact) mass is 355 g/mol. The van der Waals surface area contributed by atoms with Crippen LogP contribution in [0.3, 0.4) is 0 Å². The zero-order valence-electron chi connectivity index (χ0n) is 11.7. The summed E-state index contributed by atoms with van der Waals surface area (Å²) >= 11 is 3.13. The summed E-state index contributed by atoms with van der Waals surface area (Å²) in [5.74, 6) is -2.14. The summed E-state index contributed by atoms with van der Waals surface area (Å²) in [7, 11) is 0. The highest BCUT2D eigenvalue weighted by atomic mass is 79.9. The molecule has 0 aromatic heterocycles. The Balaban J connectivity index is 2.41. The van der Waals surface area contributed by atoms with Gasteiger partial charge in [-0.15, -0.1) is 0 Å². The molecule has 0 aliphatic rings. The van der Waals surface area contributed by atoms with Crippen molar-refractivity contribution in [2.24, 2.45) is 5.73 Å². The van der Waals surface area contributed by atoms with E-state index in [1.807, 2.05) is 31.2 Å². The first-order valence-electron chi connectivity index (χ1n) is 6.52. The van der Waals surface area contributed by atoms with E-state index in [1.165, 1.54) is 6.07 Å². The molecule has 2 N–H and O–H groups in total. The maximum Gasteiger partial charge on any atom is 0.200 e. The van der Waals surface area contributed by atoms with Gasteiger partial charge in [0, 0.05) is 10.5 Å². The fourth-order valence-electron chi connectivity index (χ4n) is 2.11. The summed E-state index contributed by atoms with van der Waals surface area (Å²) in [5, 5.41) is 0. The molecule has 112 valence electrons. The topological polar surface area (TPSA) is 35.2 Å². The van der Waals surface area contributed by atoms with Gasteiger partial charge in [-0.1, -0.05) is 40.2 Å². The number of rotatable bonds is 4. The Kier molecular flexibility index (Phi) is 4.96. The molecule has 0 bridgehead atoms. The van der Waals surface area contributed by atoms with E-state index in [1.54, 1.807) is 6.92 Å². The van der Waals surface area contributed by atoms with Crippen molar-refractivity contribution in [3.05, 3.63) is 63.6 Å². The smallest absolute Gasteiger partial charge is 0.200 e. The van der Waals surface area contributed by atoms with E-state index in [0.29, 0.717) is 4.47 Å². The SMILES string of the molecule is Cc1ccccc1C(Oc1cc(Br)cc(F)c1F)C(C)N. The molecular formula is C16H16BrF2NO. The number of hydrogen-bond donors (Lipinski definition) is 1. The van der Waals surface area contributed by atoms with Crippen LogP contribution in [0.25, 0.3) is 0 Å². The normalized spacial score (nSPS) is 13.8. The van der Waals surface area contributed by atoms with Crippen LogP contribution in [0, 0.1) is 18.6 Å². The van der Waals surface area contributed by atoms with Crippen molar-refractivity contribution < 1.29 is 13.5 Å². The van der Waals surface area contributed by atoms with Gasteiger partial charge in [-0.05, 0) is 37.1 Å². The van der Waals surface area contributed by atoms with Crippen LogP contribution >= 0.6 is 15.9 Å². The van der Waals surface area contributed by atoms with Crippen molar-refractivity contribution in [3.8, 4) is 5.75 Å². The molecule has 2 aromatic carbocycles. The summed E-state index contributed by atoms with van der Waals surface area (Å²) in [6, 6.07) is 9.62. The van der Waals surface area contributed by atoms with Crippen molar-refractivity contribution in [2.75, 3.05) is 0 Å². The Bertz CT molecular complexity index is 646. The second-order valence-corrected chi connectivity index (χ2v) is 5.87. The summed E-state index contributed by atoms with van der Waals surface area (Å²) in [5.41, 5.74) is 7.79. The van der Waals surface area contributed by atoms with Gasteiger partial charge in [-0.2, -0.15) is 4.39 Å². The van der Waals surface area contributed by atoms with Gasteiger partial charge >= 0.3 is 0 Å². The minimum absolute atomic E-state index is 0.160. The van der Waals surface area contributed by atoms with Crippen molar-refractivity contribution in [2.45, 2.75) is 26.0 Å². The molecular weight excluding hydrogens is 340 g/mol. The van der Waals surface area contributed by atoms with Crippen molar-refractivity contribution in [1.29, 1.82) is 0 Å². The molecule has 21 heavy (non-hydrogen) atoms. The van der Waals surface area contributed by atoms with E-state index in [2.05, 4.69) is 15.9 Å². The molecule has 2 atom stereocenters. The van der Waals surface area contributed by atoms with Crippen LogP contribution in [0.4, 0.5) is 8.78 Å². The summed E-state index contributed by atoms with van der Waals surface area (Å²) in [6.45, 7) is 3.69. The van der Waals surface area contributed by atoms with Gasteiger partial charge < -0.3 is 10.5 Å². The van der Waals surface area contributed by atoms with Gasteiger partial charge in [0.15, 0.2) is 11.6 Å². The molecule has 2 unspecified atom stereocenters. The van der Waals surface area contributed by atoms with Gasteiger partial charge in [-0.3, -0.25) is 0 Å². The lowest BCUT2D eigenvalue weighted by Crippen LogP contribution is -2.30. The molecule has 0 fully saturated rings. The van der Waals surface area contributed by atoms with Crippen LogP contribution in [0.5, 0.6) is 5.75 Å². The second-order valence-electron chi connectivity index (χ2n) is 4.95. The van der Waals surface area contributed by atoms with Crippen LogP contribution in [0.2, 0.25) is 0 Å². The van der Waals surface area contributed by atoms with E-state index in [0.717, 1.165) is 17.2 Å². The molecule has 2 nitrogen and oxygen atoms in total. The van der Waals surface area contributed by atoms with Crippen molar-refractivity contribution >= 4 is 15.9 Å². The fraction of sp³-hybridized carbons (Fsp3) is 0.250. The lowest BCUT2D eigenvalue weighted by Gasteiger charge is -2.24. The van der Waals surface area contributed by atoms with E-state index >= 15 is 0 Å². The molecule has 2 rings (SSSR count). The third-order valence-electron chi connectivity index (χ3n) is 3.19. The molecule has 0 amide bonds. The zero-order valence-corrected chi connectivity index (χ0v) is 13.3. The number of ether oxygens (including phenoxy) is 1. The first-order chi connectivity index (χ1) is 9.90. The molecule has 0 saturated heterocycles. The highest BCUT2D eigenvalue weighted by molar-refractivity contribution is 9.10. The van der Waals surface area contributed by atoms with E-state index in [9.17, 15) is 8.78 Å². The van der Waals surface area contributed by atoms with E-state index in [-0.39, 0.29) is 11.8 Å². The molecule has 0 spiro atoms. The van der Waals surface area contributed by atoms with Gasteiger partial charge in [0.25, 0.3) is 0 Å². The lowest BCUT2D eigenvalue weighted by atomic mass is 9.99. The highest BCUT2D eigenvalue weighted by Crippen LogP contribution is 2.31. The Morgan fingerprint density at radius 3 is 2.48 bits per heavy atom. The third-order valence-corrected chi connectivity index (χ3v) is 3.64. The average Bonchev–Trinajstić information content (AvgIpc) is 2.42. The van der Waals surface area contributed by atoms with Crippen molar-refractivity contribution in [3.63, 3.8) is 0 Å². The quantitative estimate of drug-likeness (QED) is 0.819. The molecule has 0 saturated carbocycles. The van der Waals surface area contributed by atoms with Gasteiger partial charge in [0.05, 0.1) is 0 Å². The summed E-state index contributed by atoms with van der Waals surface area (Å²) in [4.78, 5) is 0. The van der Waals surface area contributed by atoms with Crippen LogP contribution in [-0.2, 0) is 0 Å². The van der Waals surface area contributed by atoms with Crippen LogP contribution < -0.4 is 10.5 Å². The van der Waals surface area contributed by atoms with Gasteiger partial charge in [-0.25, -0.2) is 4.39 Å². The minimum Gasteiger partial charge on any atom is -0.481 e. The largest absolute Gasteiger partial charge is 0.481 e. The molecule has 5 heteroatoms. The van der Waals surface area contributed by atoms with Crippen LogP contribution in [0.15, 0.2) is 40.9 Å². The Morgan fingerprint density at radius 2 is 1.86 bits per heavy atom. The maximum absolute atomic E-state index is 13.9. The van der Waals surface area contributed by atoms with Crippen molar-refractivity contribution in [1.82, 2.24) is 0 Å². The molecule has 2 aromatic rings. The summed E-state index contributed by atoms with van der Waals surface area (Å²) in [6.07, 6.45) is -0.561. The zero-order chi connectivity index (χ0) is 15.6. The Hall–Kier alpha value is -1.46. The lowest BCUT2D eigenvalue weighted by molar-refractivity contribution is 0.170. The third kappa shape index (κ3) is 3.60. The predicted molar refractivity (Wildman–Crippen MR) is 82.3 cm³/mol. The second kappa shape index (κ2) is 6.54. The molecule has 0 heterocycles. The minimum atomic E-state index is -1.02. The standard InChI is InChI=1S/C16H16BrF2NO/c1-9-5-3-4-6-12(9)16(10(2)20)21-14-8-11(17)7-13(18)15(14)19/h3-8,10,16H,20H2,1-2H3. The first-order valence-corrected chi connectivity index (χ1v) is 7.31. The Labute approximate surface area is 131 Å². The fourth-order valence-corrected chi connectivity index (χ4v) is 2.52. The van der Waals surface area contributed by atoms with E-state index < -0.39 is 17.7 Å². The number of hydrogen-bond acceptors (Lipinski definition) is 2. The number of halogens is 3. The number of nitrogens with two attached hydrogens (primary N) is 1. The van der Waals surface area contributed by atoms with Crippen LogP contribution in [-0.4, -0.2) is 6.04 Å². The number of benzene rings is 2. The molecule has 0 radical (unpaired) electrons. The highest BCUT2D eigenvalue weighted by Gasteiger charge is 2.22.